The minimum atomic E-state index is 0.778. The van der Waals surface area contributed by atoms with Gasteiger partial charge in [0.05, 0.1) is 0 Å². The Hall–Kier alpha value is -0.260. The number of rotatable bonds is 5. The van der Waals surface area contributed by atoms with Crippen molar-refractivity contribution < 1.29 is 0 Å². The standard InChI is InChI=1S/C9H18/c1-4-7-9(6-3)8-5-2/h6,9H,3-5,7-8H2,1-2H3. The highest BCUT2D eigenvalue weighted by molar-refractivity contribution is 4.77. The van der Waals surface area contributed by atoms with Gasteiger partial charge in [-0.1, -0.05) is 32.8 Å². The first-order chi connectivity index (χ1) is 4.35. The molecule has 9 heavy (non-hydrogen) atoms. The molecule has 0 aromatic carbocycles. The van der Waals surface area contributed by atoms with Gasteiger partial charge in [-0.25, -0.2) is 0 Å². The van der Waals surface area contributed by atoms with Crippen LogP contribution in [0, 0.1) is 5.92 Å². The fourth-order valence-electron chi connectivity index (χ4n) is 1.12. The van der Waals surface area contributed by atoms with Crippen molar-refractivity contribution in [2.45, 2.75) is 39.5 Å². The molecule has 0 radical (unpaired) electrons. The van der Waals surface area contributed by atoms with Crippen LogP contribution >= 0.6 is 0 Å². The van der Waals surface area contributed by atoms with Crippen molar-refractivity contribution in [2.75, 3.05) is 0 Å². The number of allylic oxidation sites excluding steroid dienone is 1. The fraction of sp³-hybridized carbons (Fsp3) is 0.778. The summed E-state index contributed by atoms with van der Waals surface area (Å²) in [6.07, 6.45) is 7.30. The van der Waals surface area contributed by atoms with Gasteiger partial charge in [0.1, 0.15) is 0 Å². The summed E-state index contributed by atoms with van der Waals surface area (Å²) in [7, 11) is 0. The van der Waals surface area contributed by atoms with E-state index < -0.39 is 0 Å². The molecule has 0 nitrogen and oxygen atoms in total. The number of hydrogen-bond acceptors (Lipinski definition) is 0. The zero-order chi connectivity index (χ0) is 7.11. The maximum Gasteiger partial charge on any atom is -0.0236 e. The summed E-state index contributed by atoms with van der Waals surface area (Å²) >= 11 is 0. The topological polar surface area (TPSA) is 0 Å². The molecule has 0 saturated heterocycles. The second kappa shape index (κ2) is 5.87. The molecule has 0 spiro atoms. The van der Waals surface area contributed by atoms with Gasteiger partial charge < -0.3 is 0 Å². The van der Waals surface area contributed by atoms with E-state index in [1.54, 1.807) is 0 Å². The molecule has 0 unspecified atom stereocenters. The Kier molecular flexibility index (Phi) is 5.70. The van der Waals surface area contributed by atoms with E-state index in [9.17, 15) is 0 Å². The van der Waals surface area contributed by atoms with Crippen LogP contribution in [-0.2, 0) is 0 Å². The van der Waals surface area contributed by atoms with E-state index in [0.717, 1.165) is 5.92 Å². The molecule has 0 aliphatic heterocycles. The first kappa shape index (κ1) is 8.74. The minimum absolute atomic E-state index is 0.778. The first-order valence-electron chi connectivity index (χ1n) is 3.97. The van der Waals surface area contributed by atoms with Crippen LogP contribution < -0.4 is 0 Å². The Morgan fingerprint density at radius 3 is 1.89 bits per heavy atom. The molecule has 0 N–H and O–H groups in total. The quantitative estimate of drug-likeness (QED) is 0.495. The molecule has 0 rings (SSSR count). The second-order valence-corrected chi connectivity index (χ2v) is 2.57. The normalized spacial score (nSPS) is 10.1. The van der Waals surface area contributed by atoms with Crippen LogP contribution in [-0.4, -0.2) is 0 Å². The molecule has 0 amide bonds. The van der Waals surface area contributed by atoms with Gasteiger partial charge in [-0.2, -0.15) is 0 Å². The van der Waals surface area contributed by atoms with Crippen molar-refractivity contribution >= 4 is 0 Å². The Balaban J connectivity index is 3.29. The van der Waals surface area contributed by atoms with E-state index in [1.807, 2.05) is 0 Å². The summed E-state index contributed by atoms with van der Waals surface area (Å²) < 4.78 is 0. The van der Waals surface area contributed by atoms with E-state index in [0.29, 0.717) is 0 Å². The third-order valence-corrected chi connectivity index (χ3v) is 1.65. The highest BCUT2D eigenvalue weighted by atomic mass is 14.0. The van der Waals surface area contributed by atoms with Crippen molar-refractivity contribution in [3.05, 3.63) is 12.7 Å². The zero-order valence-electron chi connectivity index (χ0n) is 6.69. The predicted molar refractivity (Wildman–Crippen MR) is 43.5 cm³/mol. The molecule has 0 bridgehead atoms. The highest BCUT2D eigenvalue weighted by Gasteiger charge is 1.98. The summed E-state index contributed by atoms with van der Waals surface area (Å²) in [5.74, 6) is 0.778. The maximum atomic E-state index is 3.80. The van der Waals surface area contributed by atoms with Gasteiger partial charge in [0.2, 0.25) is 0 Å². The van der Waals surface area contributed by atoms with Crippen molar-refractivity contribution in [1.82, 2.24) is 0 Å². The summed E-state index contributed by atoms with van der Waals surface area (Å²) in [6, 6.07) is 0. The summed E-state index contributed by atoms with van der Waals surface area (Å²) in [5.41, 5.74) is 0. The van der Waals surface area contributed by atoms with Gasteiger partial charge in [0.25, 0.3) is 0 Å². The summed E-state index contributed by atoms with van der Waals surface area (Å²) in [5, 5.41) is 0. The van der Waals surface area contributed by atoms with E-state index in [2.05, 4.69) is 26.5 Å². The van der Waals surface area contributed by atoms with Crippen LogP contribution in [0.25, 0.3) is 0 Å². The van der Waals surface area contributed by atoms with E-state index in [-0.39, 0.29) is 0 Å². The Bertz CT molecular complexity index is 58.4. The molecule has 0 fully saturated rings. The molecule has 0 aromatic heterocycles. The first-order valence-corrected chi connectivity index (χ1v) is 3.97. The fourth-order valence-corrected chi connectivity index (χ4v) is 1.12. The average molecular weight is 126 g/mol. The van der Waals surface area contributed by atoms with E-state index >= 15 is 0 Å². The molecule has 0 aliphatic carbocycles. The van der Waals surface area contributed by atoms with Gasteiger partial charge in [0, 0.05) is 0 Å². The van der Waals surface area contributed by atoms with Crippen LogP contribution in [0.2, 0.25) is 0 Å². The van der Waals surface area contributed by atoms with E-state index in [4.69, 9.17) is 0 Å². The van der Waals surface area contributed by atoms with Crippen molar-refractivity contribution in [2.24, 2.45) is 5.92 Å². The molecule has 0 heteroatoms. The molecule has 0 aliphatic rings. The SMILES string of the molecule is C=CC(CCC)CCC. The van der Waals surface area contributed by atoms with Gasteiger partial charge in [-0.05, 0) is 18.8 Å². The zero-order valence-corrected chi connectivity index (χ0v) is 6.69. The molecule has 0 aromatic rings. The van der Waals surface area contributed by atoms with Crippen LogP contribution in [0.1, 0.15) is 39.5 Å². The van der Waals surface area contributed by atoms with Crippen LogP contribution in [0.3, 0.4) is 0 Å². The summed E-state index contributed by atoms with van der Waals surface area (Å²) in [6.45, 7) is 8.25. The lowest BCUT2D eigenvalue weighted by atomic mass is 9.99. The van der Waals surface area contributed by atoms with Gasteiger partial charge in [0.15, 0.2) is 0 Å². The largest absolute Gasteiger partial charge is 0.103 e. The predicted octanol–water partition coefficient (Wildman–Crippen LogP) is 3.39. The van der Waals surface area contributed by atoms with Crippen LogP contribution in [0.15, 0.2) is 12.7 Å². The average Bonchev–Trinajstić information content (AvgIpc) is 1.88. The third-order valence-electron chi connectivity index (χ3n) is 1.65. The minimum Gasteiger partial charge on any atom is -0.103 e. The lowest BCUT2D eigenvalue weighted by Crippen LogP contribution is -1.93. The number of hydrogen-bond donors (Lipinski definition) is 0. The molecular weight excluding hydrogens is 108 g/mol. The third kappa shape index (κ3) is 4.26. The highest BCUT2D eigenvalue weighted by Crippen LogP contribution is 2.13. The van der Waals surface area contributed by atoms with Gasteiger partial charge in [-0.3, -0.25) is 0 Å². The lowest BCUT2D eigenvalue weighted by molar-refractivity contribution is 0.531. The maximum absolute atomic E-state index is 3.80. The molecule has 0 heterocycles. The van der Waals surface area contributed by atoms with Crippen molar-refractivity contribution in [3.8, 4) is 0 Å². The molecule has 0 atom stereocenters. The lowest BCUT2D eigenvalue weighted by Gasteiger charge is -2.07. The smallest absolute Gasteiger partial charge is 0.0236 e. The molecule has 54 valence electrons. The van der Waals surface area contributed by atoms with Crippen LogP contribution in [0.5, 0.6) is 0 Å². The Morgan fingerprint density at radius 2 is 1.67 bits per heavy atom. The van der Waals surface area contributed by atoms with Gasteiger partial charge >= 0.3 is 0 Å². The van der Waals surface area contributed by atoms with Crippen LogP contribution in [0.4, 0.5) is 0 Å². The monoisotopic (exact) mass is 126 g/mol. The molecule has 0 saturated carbocycles. The van der Waals surface area contributed by atoms with Gasteiger partial charge in [-0.15, -0.1) is 6.58 Å². The Morgan fingerprint density at radius 1 is 1.22 bits per heavy atom. The van der Waals surface area contributed by atoms with E-state index in [1.165, 1.54) is 25.7 Å². The van der Waals surface area contributed by atoms with Crippen molar-refractivity contribution in [1.29, 1.82) is 0 Å². The van der Waals surface area contributed by atoms with Crippen molar-refractivity contribution in [3.63, 3.8) is 0 Å². The summed E-state index contributed by atoms with van der Waals surface area (Å²) in [4.78, 5) is 0. The Labute approximate surface area is 59.0 Å². The molecular formula is C9H18. The second-order valence-electron chi connectivity index (χ2n) is 2.57.